The molecule has 94 valence electrons. The summed E-state index contributed by atoms with van der Waals surface area (Å²) in [4.78, 5) is 5.95. The molecule has 0 amide bonds. The van der Waals surface area contributed by atoms with Crippen molar-refractivity contribution in [2.45, 2.75) is 13.8 Å². The largest absolute Gasteiger partial charge is 0.241 e. The average molecular weight is 265 g/mol. The van der Waals surface area contributed by atoms with Crippen LogP contribution in [0.25, 0.3) is 21.7 Å². The van der Waals surface area contributed by atoms with Crippen LogP contribution in [0.1, 0.15) is 10.6 Å². The molecule has 1 heterocycles. The first-order chi connectivity index (χ1) is 9.24. The van der Waals surface area contributed by atoms with Gasteiger partial charge in [0, 0.05) is 5.56 Å². The predicted molar refractivity (Wildman–Crippen MR) is 82.5 cm³/mol. The van der Waals surface area contributed by atoms with Gasteiger partial charge in [-0.1, -0.05) is 60.2 Å². The third-order valence-electron chi connectivity index (χ3n) is 3.10. The second kappa shape index (κ2) is 4.98. The van der Waals surface area contributed by atoms with Gasteiger partial charge in [0.1, 0.15) is 0 Å². The number of hydrogen-bond donors (Lipinski definition) is 0. The molecule has 0 aliphatic rings. The molecule has 1 nitrogen and oxygen atoms in total. The Bertz CT molecular complexity index is 681. The third kappa shape index (κ3) is 2.45. The minimum atomic E-state index is 1.09. The fourth-order valence-electron chi connectivity index (χ4n) is 2.12. The second-order valence-electron chi connectivity index (χ2n) is 4.64. The molecule has 0 N–H and O–H groups in total. The zero-order valence-corrected chi connectivity index (χ0v) is 11.9. The van der Waals surface area contributed by atoms with Crippen molar-refractivity contribution in [1.82, 2.24) is 4.98 Å². The Hall–Kier alpha value is -1.93. The van der Waals surface area contributed by atoms with Crippen LogP contribution in [0.4, 0.5) is 0 Å². The van der Waals surface area contributed by atoms with E-state index in [0.717, 1.165) is 10.7 Å². The van der Waals surface area contributed by atoms with E-state index in [1.807, 2.05) is 6.07 Å². The maximum absolute atomic E-state index is 4.70. The Balaban J connectivity index is 2.15. The van der Waals surface area contributed by atoms with Gasteiger partial charge in [-0.25, -0.2) is 4.98 Å². The minimum Gasteiger partial charge on any atom is -0.241 e. The van der Waals surface area contributed by atoms with E-state index in [0.29, 0.717) is 0 Å². The summed E-state index contributed by atoms with van der Waals surface area (Å²) in [5.41, 5.74) is 4.80. The van der Waals surface area contributed by atoms with Crippen LogP contribution >= 0.6 is 11.3 Å². The van der Waals surface area contributed by atoms with E-state index in [-0.39, 0.29) is 0 Å². The van der Waals surface area contributed by atoms with Crippen molar-refractivity contribution in [2.24, 2.45) is 0 Å². The summed E-state index contributed by atoms with van der Waals surface area (Å²) >= 11 is 1.76. The van der Waals surface area contributed by atoms with Gasteiger partial charge in [-0.05, 0) is 19.4 Å². The molecule has 0 saturated heterocycles. The van der Waals surface area contributed by atoms with E-state index in [1.165, 1.54) is 21.6 Å². The first-order valence-corrected chi connectivity index (χ1v) is 7.15. The van der Waals surface area contributed by atoms with E-state index >= 15 is 0 Å². The minimum absolute atomic E-state index is 1.09. The lowest BCUT2D eigenvalue weighted by Gasteiger charge is -2.03. The molecule has 3 aromatic rings. The van der Waals surface area contributed by atoms with E-state index in [9.17, 15) is 0 Å². The number of hydrogen-bond acceptors (Lipinski definition) is 2. The highest BCUT2D eigenvalue weighted by Crippen LogP contribution is 2.36. The van der Waals surface area contributed by atoms with Gasteiger partial charge in [-0.15, -0.1) is 11.3 Å². The number of aryl methyl sites for hydroxylation is 2. The quantitative estimate of drug-likeness (QED) is 0.628. The van der Waals surface area contributed by atoms with Gasteiger partial charge in [0.15, 0.2) is 0 Å². The molecule has 19 heavy (non-hydrogen) atoms. The van der Waals surface area contributed by atoms with Gasteiger partial charge in [-0.3, -0.25) is 0 Å². The Morgan fingerprint density at radius 1 is 0.789 bits per heavy atom. The second-order valence-corrected chi connectivity index (χ2v) is 5.85. The van der Waals surface area contributed by atoms with Gasteiger partial charge >= 0.3 is 0 Å². The van der Waals surface area contributed by atoms with Gasteiger partial charge in [0.25, 0.3) is 0 Å². The standard InChI is InChI=1S/C17H15NS/c1-12-8-10-15(11-9-12)17-16(18-13(2)19-17)14-6-4-3-5-7-14/h3-11H,1-2H3. The molecule has 0 bridgehead atoms. The van der Waals surface area contributed by atoms with Crippen molar-refractivity contribution in [3.8, 4) is 21.7 Å². The van der Waals surface area contributed by atoms with Crippen molar-refractivity contribution < 1.29 is 0 Å². The number of thiazole rings is 1. The summed E-state index contributed by atoms with van der Waals surface area (Å²) < 4.78 is 0. The van der Waals surface area contributed by atoms with Crippen molar-refractivity contribution in [3.63, 3.8) is 0 Å². The zero-order chi connectivity index (χ0) is 13.2. The third-order valence-corrected chi connectivity index (χ3v) is 4.11. The first-order valence-electron chi connectivity index (χ1n) is 6.34. The summed E-state index contributed by atoms with van der Waals surface area (Å²) in [6.07, 6.45) is 0. The monoisotopic (exact) mass is 265 g/mol. The number of nitrogens with zero attached hydrogens (tertiary/aromatic N) is 1. The van der Waals surface area contributed by atoms with E-state index in [2.05, 4.69) is 62.4 Å². The maximum atomic E-state index is 4.70. The highest BCUT2D eigenvalue weighted by atomic mass is 32.1. The van der Waals surface area contributed by atoms with Gasteiger partial charge in [0.05, 0.1) is 15.6 Å². The smallest absolute Gasteiger partial charge is 0.0908 e. The van der Waals surface area contributed by atoms with Crippen molar-refractivity contribution >= 4 is 11.3 Å². The lowest BCUT2D eigenvalue weighted by Crippen LogP contribution is -1.82. The topological polar surface area (TPSA) is 12.9 Å². The van der Waals surface area contributed by atoms with E-state index in [1.54, 1.807) is 11.3 Å². The molecule has 0 aliphatic heterocycles. The molecule has 0 spiro atoms. The van der Waals surface area contributed by atoms with Crippen LogP contribution in [0.5, 0.6) is 0 Å². The van der Waals surface area contributed by atoms with E-state index in [4.69, 9.17) is 4.98 Å². The van der Waals surface area contributed by atoms with Crippen molar-refractivity contribution in [1.29, 1.82) is 0 Å². The fourth-order valence-corrected chi connectivity index (χ4v) is 3.07. The summed E-state index contributed by atoms with van der Waals surface area (Å²) in [5, 5.41) is 1.11. The van der Waals surface area contributed by atoms with Crippen LogP contribution in [0.2, 0.25) is 0 Å². The average Bonchev–Trinajstić information content (AvgIpc) is 2.83. The Morgan fingerprint density at radius 3 is 2.16 bits per heavy atom. The number of rotatable bonds is 2. The summed E-state index contributed by atoms with van der Waals surface area (Å²) in [5.74, 6) is 0. The SMILES string of the molecule is Cc1ccc(-c2sc(C)nc2-c2ccccc2)cc1. The molecule has 0 unspecified atom stereocenters. The summed E-state index contributed by atoms with van der Waals surface area (Å²) in [6.45, 7) is 4.18. The molecule has 3 rings (SSSR count). The van der Waals surface area contributed by atoms with Crippen LogP contribution < -0.4 is 0 Å². The number of benzene rings is 2. The molecule has 0 aliphatic carbocycles. The zero-order valence-electron chi connectivity index (χ0n) is 11.1. The van der Waals surface area contributed by atoms with E-state index < -0.39 is 0 Å². The normalized spacial score (nSPS) is 10.6. The number of aromatic nitrogens is 1. The fraction of sp³-hybridized carbons (Fsp3) is 0.118. The van der Waals surface area contributed by atoms with Crippen LogP contribution in [-0.4, -0.2) is 4.98 Å². The highest BCUT2D eigenvalue weighted by molar-refractivity contribution is 7.15. The lowest BCUT2D eigenvalue weighted by molar-refractivity contribution is 1.30. The predicted octanol–water partition coefficient (Wildman–Crippen LogP) is 5.09. The summed E-state index contributed by atoms with van der Waals surface area (Å²) in [6, 6.07) is 19.0. The van der Waals surface area contributed by atoms with Gasteiger partial charge in [0.2, 0.25) is 0 Å². The first kappa shape index (κ1) is 12.1. The Labute approximate surface area is 117 Å². The highest BCUT2D eigenvalue weighted by Gasteiger charge is 2.12. The van der Waals surface area contributed by atoms with Crippen molar-refractivity contribution in [2.75, 3.05) is 0 Å². The molecule has 1 aromatic heterocycles. The van der Waals surface area contributed by atoms with Crippen LogP contribution in [0, 0.1) is 13.8 Å². The molecule has 0 saturated carbocycles. The molecule has 0 fully saturated rings. The maximum Gasteiger partial charge on any atom is 0.0908 e. The van der Waals surface area contributed by atoms with Crippen LogP contribution in [0.15, 0.2) is 54.6 Å². The summed E-state index contributed by atoms with van der Waals surface area (Å²) in [7, 11) is 0. The van der Waals surface area contributed by atoms with Crippen LogP contribution in [-0.2, 0) is 0 Å². The molecule has 2 aromatic carbocycles. The Kier molecular flexibility index (Phi) is 3.18. The molecular formula is C17H15NS. The Morgan fingerprint density at radius 2 is 1.47 bits per heavy atom. The molecule has 2 heteroatoms. The van der Waals surface area contributed by atoms with Gasteiger partial charge < -0.3 is 0 Å². The van der Waals surface area contributed by atoms with Crippen molar-refractivity contribution in [3.05, 3.63) is 65.2 Å². The van der Waals surface area contributed by atoms with Crippen LogP contribution in [0.3, 0.4) is 0 Å². The molecule has 0 atom stereocenters. The molecule has 0 radical (unpaired) electrons. The van der Waals surface area contributed by atoms with Gasteiger partial charge in [-0.2, -0.15) is 0 Å². The lowest BCUT2D eigenvalue weighted by atomic mass is 10.1. The molecular weight excluding hydrogens is 250 g/mol.